The summed E-state index contributed by atoms with van der Waals surface area (Å²) in [6.45, 7) is 3.86. The first-order chi connectivity index (χ1) is 14.6. The minimum absolute atomic E-state index is 0.0621. The van der Waals surface area contributed by atoms with Crippen molar-refractivity contribution < 1.29 is 13.9 Å². The van der Waals surface area contributed by atoms with Gasteiger partial charge in [-0.25, -0.2) is 9.37 Å². The number of fused-ring (bicyclic) bond motifs is 1. The molecule has 0 aliphatic carbocycles. The molecule has 0 spiro atoms. The van der Waals surface area contributed by atoms with Crippen LogP contribution in [0.2, 0.25) is 0 Å². The molecule has 2 aromatic heterocycles. The van der Waals surface area contributed by atoms with Gasteiger partial charge in [-0.2, -0.15) is 0 Å². The molecule has 1 aromatic carbocycles. The average molecular weight is 431 g/mol. The van der Waals surface area contributed by atoms with E-state index >= 15 is 0 Å². The molecule has 1 aliphatic rings. The fourth-order valence-electron chi connectivity index (χ4n) is 3.46. The highest BCUT2D eigenvalue weighted by atomic mass is 32.1. The standard InChI is InChI=1S/C21H23FN4O3S/c22-16-3-5-18(6-4-16)29-12-1-2-19(27)25-9-7-24(8-10-25)15-17-14-20(28)26-11-13-30-21(26)23-17/h3-6,11,13-14H,1-2,7-10,12,15H2. The van der Waals surface area contributed by atoms with E-state index in [9.17, 15) is 14.0 Å². The smallest absolute Gasteiger partial charge is 0.258 e. The molecule has 0 radical (unpaired) electrons. The molecule has 158 valence electrons. The van der Waals surface area contributed by atoms with E-state index in [-0.39, 0.29) is 17.3 Å². The van der Waals surface area contributed by atoms with Gasteiger partial charge in [-0.3, -0.25) is 18.9 Å². The van der Waals surface area contributed by atoms with Gasteiger partial charge >= 0.3 is 0 Å². The fraction of sp³-hybridized carbons (Fsp3) is 0.381. The Labute approximate surface area is 177 Å². The van der Waals surface area contributed by atoms with E-state index in [1.165, 1.54) is 23.5 Å². The molecule has 0 atom stereocenters. The lowest BCUT2D eigenvalue weighted by Gasteiger charge is -2.34. The summed E-state index contributed by atoms with van der Waals surface area (Å²) in [6, 6.07) is 7.44. The van der Waals surface area contributed by atoms with Crippen LogP contribution < -0.4 is 10.3 Å². The van der Waals surface area contributed by atoms with Gasteiger partial charge < -0.3 is 9.64 Å². The lowest BCUT2D eigenvalue weighted by molar-refractivity contribution is -0.133. The van der Waals surface area contributed by atoms with Crippen LogP contribution in [0.3, 0.4) is 0 Å². The van der Waals surface area contributed by atoms with E-state index in [0.717, 1.165) is 18.8 Å². The predicted octanol–water partition coefficient (Wildman–Crippen LogP) is 2.40. The number of amides is 1. The van der Waals surface area contributed by atoms with E-state index in [2.05, 4.69) is 9.88 Å². The van der Waals surface area contributed by atoms with Crippen LogP contribution in [-0.2, 0) is 11.3 Å². The topological polar surface area (TPSA) is 67.2 Å². The SMILES string of the molecule is O=C(CCCOc1ccc(F)cc1)N1CCN(Cc2cc(=O)n3ccsc3n2)CC1. The van der Waals surface area contributed by atoms with Crippen molar-refractivity contribution in [3.63, 3.8) is 0 Å². The highest BCUT2D eigenvalue weighted by molar-refractivity contribution is 7.15. The number of nitrogens with zero attached hydrogens (tertiary/aromatic N) is 4. The molecule has 3 aromatic rings. The molecule has 7 nitrogen and oxygen atoms in total. The predicted molar refractivity (Wildman–Crippen MR) is 112 cm³/mol. The molecule has 0 bridgehead atoms. The van der Waals surface area contributed by atoms with Gasteiger partial charge in [0.2, 0.25) is 5.91 Å². The molecule has 0 N–H and O–H groups in total. The third-order valence-corrected chi connectivity index (χ3v) is 5.84. The maximum atomic E-state index is 12.9. The number of carbonyl (C=O) groups is 1. The number of carbonyl (C=O) groups excluding carboxylic acids is 1. The molecule has 1 saturated heterocycles. The molecule has 9 heteroatoms. The Morgan fingerprint density at radius 1 is 1.17 bits per heavy atom. The Hall–Kier alpha value is -2.78. The maximum absolute atomic E-state index is 12.9. The van der Waals surface area contributed by atoms with Crippen molar-refractivity contribution in [2.75, 3.05) is 32.8 Å². The third-order valence-electron chi connectivity index (χ3n) is 5.08. The minimum Gasteiger partial charge on any atom is -0.494 e. The Bertz CT molecular complexity index is 1060. The molecule has 0 saturated carbocycles. The molecule has 30 heavy (non-hydrogen) atoms. The van der Waals surface area contributed by atoms with E-state index in [4.69, 9.17) is 4.74 Å². The third kappa shape index (κ3) is 5.03. The van der Waals surface area contributed by atoms with E-state index < -0.39 is 0 Å². The maximum Gasteiger partial charge on any atom is 0.258 e. The number of hydrogen-bond donors (Lipinski definition) is 0. The fourth-order valence-corrected chi connectivity index (χ4v) is 4.19. The zero-order chi connectivity index (χ0) is 20.9. The second kappa shape index (κ2) is 9.36. The van der Waals surface area contributed by atoms with Gasteiger partial charge in [0.05, 0.1) is 12.3 Å². The Balaban J connectivity index is 1.19. The van der Waals surface area contributed by atoms with Crippen LogP contribution in [0, 0.1) is 5.82 Å². The normalized spacial score (nSPS) is 14.9. The summed E-state index contributed by atoms with van der Waals surface area (Å²) >= 11 is 1.44. The molecule has 0 unspecified atom stereocenters. The molecule has 1 amide bonds. The van der Waals surface area contributed by atoms with Gasteiger partial charge in [0, 0.05) is 56.8 Å². The van der Waals surface area contributed by atoms with E-state index in [1.807, 2.05) is 10.3 Å². The second-order valence-electron chi connectivity index (χ2n) is 7.20. The Morgan fingerprint density at radius 3 is 2.70 bits per heavy atom. The summed E-state index contributed by atoms with van der Waals surface area (Å²) in [4.78, 5) is 33.9. The lowest BCUT2D eigenvalue weighted by atomic mass is 10.2. The van der Waals surface area contributed by atoms with Crippen LogP contribution in [0.1, 0.15) is 18.5 Å². The summed E-state index contributed by atoms with van der Waals surface area (Å²) in [7, 11) is 0. The molecular weight excluding hydrogens is 407 g/mol. The molecule has 4 rings (SSSR count). The number of halogens is 1. The Kier molecular flexibility index (Phi) is 6.39. The highest BCUT2D eigenvalue weighted by Crippen LogP contribution is 2.13. The summed E-state index contributed by atoms with van der Waals surface area (Å²) in [5, 5.41) is 1.85. The van der Waals surface area contributed by atoms with Crippen molar-refractivity contribution >= 4 is 22.2 Å². The number of ether oxygens (including phenoxy) is 1. The quantitative estimate of drug-likeness (QED) is 0.539. The van der Waals surface area contributed by atoms with Crippen molar-refractivity contribution in [1.29, 1.82) is 0 Å². The van der Waals surface area contributed by atoms with Crippen LogP contribution in [0.4, 0.5) is 4.39 Å². The van der Waals surface area contributed by atoms with Gasteiger partial charge in [-0.15, -0.1) is 11.3 Å². The molecule has 1 aliphatic heterocycles. The molecular formula is C21H23FN4O3S. The summed E-state index contributed by atoms with van der Waals surface area (Å²) in [5.41, 5.74) is 0.702. The Morgan fingerprint density at radius 2 is 1.93 bits per heavy atom. The number of benzene rings is 1. The van der Waals surface area contributed by atoms with Crippen LogP contribution in [-0.4, -0.2) is 57.9 Å². The number of piperazine rings is 1. The van der Waals surface area contributed by atoms with Gasteiger partial charge in [0.25, 0.3) is 5.56 Å². The van der Waals surface area contributed by atoms with Crippen molar-refractivity contribution in [1.82, 2.24) is 19.2 Å². The highest BCUT2D eigenvalue weighted by Gasteiger charge is 2.21. The second-order valence-corrected chi connectivity index (χ2v) is 8.08. The van der Waals surface area contributed by atoms with Crippen LogP contribution in [0.25, 0.3) is 4.96 Å². The van der Waals surface area contributed by atoms with Crippen LogP contribution in [0.15, 0.2) is 46.7 Å². The zero-order valence-electron chi connectivity index (χ0n) is 16.5. The first-order valence-corrected chi connectivity index (χ1v) is 10.8. The first kappa shape index (κ1) is 20.5. The van der Waals surface area contributed by atoms with Crippen molar-refractivity contribution in [2.45, 2.75) is 19.4 Å². The van der Waals surface area contributed by atoms with Gasteiger partial charge in [0.1, 0.15) is 11.6 Å². The number of hydrogen-bond acceptors (Lipinski definition) is 6. The number of aromatic nitrogens is 2. The molecule has 3 heterocycles. The van der Waals surface area contributed by atoms with Crippen molar-refractivity contribution in [3.05, 3.63) is 63.8 Å². The first-order valence-electron chi connectivity index (χ1n) is 9.93. The van der Waals surface area contributed by atoms with E-state index in [1.54, 1.807) is 28.8 Å². The molecule has 1 fully saturated rings. The van der Waals surface area contributed by atoms with Crippen LogP contribution in [0.5, 0.6) is 5.75 Å². The monoisotopic (exact) mass is 430 g/mol. The minimum atomic E-state index is -0.299. The summed E-state index contributed by atoms with van der Waals surface area (Å²) in [6.07, 6.45) is 2.77. The van der Waals surface area contributed by atoms with Crippen molar-refractivity contribution in [2.24, 2.45) is 0 Å². The summed E-state index contributed by atoms with van der Waals surface area (Å²) in [5.74, 6) is 0.423. The zero-order valence-corrected chi connectivity index (χ0v) is 17.3. The average Bonchev–Trinajstić information content (AvgIpc) is 3.22. The van der Waals surface area contributed by atoms with Gasteiger partial charge in [-0.1, -0.05) is 0 Å². The van der Waals surface area contributed by atoms with Crippen molar-refractivity contribution in [3.8, 4) is 5.75 Å². The van der Waals surface area contributed by atoms with Gasteiger partial charge in [-0.05, 0) is 30.7 Å². The van der Waals surface area contributed by atoms with Crippen LogP contribution >= 0.6 is 11.3 Å². The lowest BCUT2D eigenvalue weighted by Crippen LogP contribution is -2.48. The van der Waals surface area contributed by atoms with Gasteiger partial charge in [0.15, 0.2) is 4.96 Å². The number of rotatable bonds is 7. The van der Waals surface area contributed by atoms with E-state index in [0.29, 0.717) is 49.8 Å². The number of thiazole rings is 1. The largest absolute Gasteiger partial charge is 0.494 e. The summed E-state index contributed by atoms with van der Waals surface area (Å²) < 4.78 is 20.0.